The van der Waals surface area contributed by atoms with Crippen molar-refractivity contribution >= 4 is 28.4 Å². The zero-order chi connectivity index (χ0) is 14.8. The second kappa shape index (κ2) is 6.13. The van der Waals surface area contributed by atoms with Gasteiger partial charge in [0.05, 0.1) is 17.7 Å². The molecule has 3 heterocycles. The van der Waals surface area contributed by atoms with Crippen LogP contribution in [0.4, 0.5) is 0 Å². The van der Waals surface area contributed by atoms with E-state index in [0.717, 1.165) is 30.4 Å². The molecule has 0 aromatic carbocycles. The van der Waals surface area contributed by atoms with E-state index in [1.165, 1.54) is 0 Å². The van der Waals surface area contributed by atoms with Crippen LogP contribution in [0.3, 0.4) is 0 Å². The maximum atomic E-state index is 12.2. The Morgan fingerprint density at radius 1 is 1.57 bits per heavy atom. The summed E-state index contributed by atoms with van der Waals surface area (Å²) in [5.41, 5.74) is 0.755. The summed E-state index contributed by atoms with van der Waals surface area (Å²) in [4.78, 5) is 16.5. The average Bonchev–Trinajstić information content (AvgIpc) is 2.83. The minimum absolute atomic E-state index is 0.0858. The molecule has 0 bridgehead atoms. The summed E-state index contributed by atoms with van der Waals surface area (Å²) in [6, 6.07) is 3.60. The lowest BCUT2D eigenvalue weighted by molar-refractivity contribution is -0.121. The van der Waals surface area contributed by atoms with Crippen LogP contribution in [0.1, 0.15) is 19.3 Å². The van der Waals surface area contributed by atoms with E-state index in [2.05, 4.69) is 10.3 Å². The highest BCUT2D eigenvalue weighted by atomic mass is 35.5. The molecule has 0 amide bonds. The van der Waals surface area contributed by atoms with Crippen molar-refractivity contribution < 1.29 is 9.90 Å². The molecule has 21 heavy (non-hydrogen) atoms. The van der Waals surface area contributed by atoms with Gasteiger partial charge in [-0.05, 0) is 31.5 Å². The van der Waals surface area contributed by atoms with Gasteiger partial charge in [-0.2, -0.15) is 0 Å². The molecule has 2 N–H and O–H groups in total. The Morgan fingerprint density at radius 2 is 2.43 bits per heavy atom. The van der Waals surface area contributed by atoms with Crippen LogP contribution in [-0.2, 0) is 11.3 Å². The zero-order valence-corrected chi connectivity index (χ0v) is 12.4. The number of rotatable bonds is 4. The topological polar surface area (TPSA) is 67.2 Å². The molecular formula is C15H18ClN3O2. The van der Waals surface area contributed by atoms with Crippen LogP contribution in [0.5, 0.6) is 0 Å². The van der Waals surface area contributed by atoms with Crippen molar-refractivity contribution in [1.82, 2.24) is 14.9 Å². The third-order valence-electron chi connectivity index (χ3n) is 3.91. The number of halogens is 1. The third-order valence-corrected chi connectivity index (χ3v) is 4.12. The lowest BCUT2D eigenvalue weighted by Crippen LogP contribution is -2.46. The molecule has 3 rings (SSSR count). The highest BCUT2D eigenvalue weighted by Gasteiger charge is 2.24. The van der Waals surface area contributed by atoms with Gasteiger partial charge in [-0.15, -0.1) is 0 Å². The number of nitrogens with zero attached hydrogens (tertiary/aromatic N) is 2. The number of nitrogens with one attached hydrogen (secondary N) is 1. The molecule has 0 spiro atoms. The predicted octanol–water partition coefficient (Wildman–Crippen LogP) is 1.76. The number of hydrogen-bond donors (Lipinski definition) is 2. The van der Waals surface area contributed by atoms with Gasteiger partial charge in [0.25, 0.3) is 0 Å². The second-order valence-corrected chi connectivity index (χ2v) is 5.96. The zero-order valence-electron chi connectivity index (χ0n) is 11.6. The highest BCUT2D eigenvalue weighted by Crippen LogP contribution is 2.18. The Balaban J connectivity index is 1.68. The fraction of sp³-hybridized carbons (Fsp3) is 0.467. The van der Waals surface area contributed by atoms with Crippen molar-refractivity contribution in [3.63, 3.8) is 0 Å². The first-order chi connectivity index (χ1) is 10.1. The van der Waals surface area contributed by atoms with Crippen LogP contribution in [0.15, 0.2) is 24.5 Å². The molecule has 1 fully saturated rings. The first kappa shape index (κ1) is 14.5. The molecule has 6 heteroatoms. The number of piperidine rings is 1. The van der Waals surface area contributed by atoms with Gasteiger partial charge >= 0.3 is 0 Å². The van der Waals surface area contributed by atoms with E-state index in [9.17, 15) is 9.90 Å². The van der Waals surface area contributed by atoms with Crippen LogP contribution >= 0.6 is 11.6 Å². The predicted molar refractivity (Wildman–Crippen MR) is 81.4 cm³/mol. The van der Waals surface area contributed by atoms with E-state index in [4.69, 9.17) is 11.6 Å². The van der Waals surface area contributed by atoms with E-state index in [1.807, 2.05) is 22.9 Å². The SMILES string of the molecule is O=C(C[C@H]1NCCC[C@@H]1O)Cn1ccc2cc(Cl)cnc21. The van der Waals surface area contributed by atoms with E-state index in [0.29, 0.717) is 11.4 Å². The molecule has 2 atom stereocenters. The van der Waals surface area contributed by atoms with Gasteiger partial charge in [0, 0.05) is 30.2 Å². The summed E-state index contributed by atoms with van der Waals surface area (Å²) in [6.45, 7) is 1.13. The number of Topliss-reactive ketones (excluding diaryl/α,β-unsaturated/α-hetero) is 1. The Hall–Kier alpha value is -1.43. The fourth-order valence-electron chi connectivity index (χ4n) is 2.82. The molecule has 0 radical (unpaired) electrons. The van der Waals surface area contributed by atoms with Gasteiger partial charge in [-0.1, -0.05) is 11.6 Å². The largest absolute Gasteiger partial charge is 0.391 e. The minimum Gasteiger partial charge on any atom is -0.391 e. The number of fused-ring (bicyclic) bond motifs is 1. The van der Waals surface area contributed by atoms with Crippen LogP contribution in [0.2, 0.25) is 5.02 Å². The standard InChI is InChI=1S/C15H18ClN3O2/c16-11-6-10-3-5-19(15(10)18-8-11)9-12(20)7-13-14(21)2-1-4-17-13/h3,5-6,8,13-14,17,21H,1-2,4,7,9H2/t13-,14+/m1/s1. The molecular weight excluding hydrogens is 290 g/mol. The van der Waals surface area contributed by atoms with Crippen LogP contribution in [-0.4, -0.2) is 39.1 Å². The van der Waals surface area contributed by atoms with Crippen molar-refractivity contribution in [3.05, 3.63) is 29.5 Å². The highest BCUT2D eigenvalue weighted by molar-refractivity contribution is 6.31. The van der Waals surface area contributed by atoms with Crippen molar-refractivity contribution in [2.45, 2.75) is 38.0 Å². The maximum absolute atomic E-state index is 12.2. The van der Waals surface area contributed by atoms with Gasteiger partial charge in [0.2, 0.25) is 0 Å². The summed E-state index contributed by atoms with van der Waals surface area (Å²) in [6.07, 6.45) is 5.06. The molecule has 1 saturated heterocycles. The van der Waals surface area contributed by atoms with Crippen LogP contribution < -0.4 is 5.32 Å². The Labute approximate surface area is 127 Å². The number of carbonyl (C=O) groups is 1. The number of hydrogen-bond acceptors (Lipinski definition) is 4. The monoisotopic (exact) mass is 307 g/mol. The molecule has 5 nitrogen and oxygen atoms in total. The summed E-state index contributed by atoms with van der Waals surface area (Å²) in [7, 11) is 0. The molecule has 112 valence electrons. The van der Waals surface area contributed by atoms with E-state index < -0.39 is 6.10 Å². The van der Waals surface area contributed by atoms with Gasteiger partial charge in [0.1, 0.15) is 5.65 Å². The van der Waals surface area contributed by atoms with Gasteiger partial charge in [-0.3, -0.25) is 4.79 Å². The lowest BCUT2D eigenvalue weighted by Gasteiger charge is -2.28. The summed E-state index contributed by atoms with van der Waals surface area (Å²) < 4.78 is 1.82. The Kier molecular flexibility index (Phi) is 4.24. The lowest BCUT2D eigenvalue weighted by atomic mass is 9.97. The van der Waals surface area contributed by atoms with Crippen molar-refractivity contribution in [2.75, 3.05) is 6.54 Å². The summed E-state index contributed by atoms with van der Waals surface area (Å²) >= 11 is 5.90. The minimum atomic E-state index is -0.430. The maximum Gasteiger partial charge on any atom is 0.154 e. The molecule has 1 aliphatic rings. The smallest absolute Gasteiger partial charge is 0.154 e. The number of carbonyl (C=O) groups excluding carboxylic acids is 1. The summed E-state index contributed by atoms with van der Waals surface area (Å²) in [5.74, 6) is 0.0858. The fourth-order valence-corrected chi connectivity index (χ4v) is 2.99. The van der Waals surface area contributed by atoms with E-state index >= 15 is 0 Å². The van der Waals surface area contributed by atoms with Crippen molar-refractivity contribution in [3.8, 4) is 0 Å². The number of ketones is 1. The molecule has 2 aromatic rings. The first-order valence-corrected chi connectivity index (χ1v) is 7.55. The second-order valence-electron chi connectivity index (χ2n) is 5.52. The van der Waals surface area contributed by atoms with Crippen LogP contribution in [0, 0.1) is 0 Å². The molecule has 1 aliphatic heterocycles. The number of aliphatic hydroxyl groups is 1. The van der Waals surface area contributed by atoms with Gasteiger partial charge < -0.3 is 15.0 Å². The Bertz CT molecular complexity index is 655. The number of pyridine rings is 1. The van der Waals surface area contributed by atoms with E-state index in [-0.39, 0.29) is 18.4 Å². The third kappa shape index (κ3) is 3.26. The van der Waals surface area contributed by atoms with Crippen molar-refractivity contribution in [2.24, 2.45) is 0 Å². The first-order valence-electron chi connectivity index (χ1n) is 7.17. The van der Waals surface area contributed by atoms with E-state index in [1.54, 1.807) is 6.20 Å². The number of aliphatic hydroxyl groups excluding tert-OH is 1. The van der Waals surface area contributed by atoms with Gasteiger partial charge in [0.15, 0.2) is 5.78 Å². The quantitative estimate of drug-likeness (QED) is 0.903. The molecule has 0 aliphatic carbocycles. The molecule has 0 unspecified atom stereocenters. The average molecular weight is 308 g/mol. The number of aromatic nitrogens is 2. The summed E-state index contributed by atoms with van der Waals surface area (Å²) in [5, 5.41) is 14.6. The van der Waals surface area contributed by atoms with Crippen LogP contribution in [0.25, 0.3) is 11.0 Å². The molecule has 0 saturated carbocycles. The Morgan fingerprint density at radius 3 is 3.24 bits per heavy atom. The molecule has 2 aromatic heterocycles. The van der Waals surface area contributed by atoms with Crippen molar-refractivity contribution in [1.29, 1.82) is 0 Å². The normalized spacial score (nSPS) is 22.6. The van der Waals surface area contributed by atoms with Gasteiger partial charge in [-0.25, -0.2) is 4.98 Å².